The highest BCUT2D eigenvalue weighted by Gasteiger charge is 2.40. The van der Waals surface area contributed by atoms with Gasteiger partial charge >= 0.3 is 0 Å². The van der Waals surface area contributed by atoms with Gasteiger partial charge in [-0.05, 0) is 40.2 Å². The van der Waals surface area contributed by atoms with Gasteiger partial charge in [-0.25, -0.2) is 0 Å². The standard InChI is InChI=1S/C8H17NO.ClH/c1-7(2)8(3,10)5-4-6-9-7;/h9-10H,4-6H2,1-3H3;1H. The highest BCUT2D eigenvalue weighted by molar-refractivity contribution is 5.85. The van der Waals surface area contributed by atoms with Crippen LogP contribution < -0.4 is 5.32 Å². The van der Waals surface area contributed by atoms with E-state index < -0.39 is 5.60 Å². The lowest BCUT2D eigenvalue weighted by atomic mass is 9.78. The van der Waals surface area contributed by atoms with Gasteiger partial charge in [-0.15, -0.1) is 12.4 Å². The molecule has 1 saturated heterocycles. The number of piperidine rings is 1. The van der Waals surface area contributed by atoms with Crippen LogP contribution in [0.25, 0.3) is 0 Å². The number of hydrogen-bond donors (Lipinski definition) is 2. The average Bonchev–Trinajstić information content (AvgIpc) is 1.77. The molecule has 2 N–H and O–H groups in total. The van der Waals surface area contributed by atoms with E-state index in [2.05, 4.69) is 5.32 Å². The fourth-order valence-electron chi connectivity index (χ4n) is 1.34. The predicted molar refractivity (Wildman–Crippen MR) is 49.2 cm³/mol. The first kappa shape index (κ1) is 11.2. The molecule has 1 fully saturated rings. The Labute approximate surface area is 74.8 Å². The summed E-state index contributed by atoms with van der Waals surface area (Å²) in [6.45, 7) is 7.03. The fourth-order valence-corrected chi connectivity index (χ4v) is 1.34. The molecular formula is C8H18ClNO. The van der Waals surface area contributed by atoms with Crippen molar-refractivity contribution in [2.75, 3.05) is 6.54 Å². The average molecular weight is 180 g/mol. The molecule has 1 heterocycles. The summed E-state index contributed by atoms with van der Waals surface area (Å²) in [4.78, 5) is 0. The van der Waals surface area contributed by atoms with E-state index in [1.807, 2.05) is 20.8 Å². The van der Waals surface area contributed by atoms with Crippen LogP contribution in [-0.4, -0.2) is 22.8 Å². The molecule has 0 aromatic heterocycles. The Hall–Kier alpha value is 0.210. The number of nitrogens with one attached hydrogen (secondary N) is 1. The maximum absolute atomic E-state index is 9.84. The smallest absolute Gasteiger partial charge is 0.0795 e. The van der Waals surface area contributed by atoms with Crippen LogP contribution in [0.4, 0.5) is 0 Å². The van der Waals surface area contributed by atoms with E-state index in [-0.39, 0.29) is 17.9 Å². The third-order valence-electron chi connectivity index (χ3n) is 2.75. The van der Waals surface area contributed by atoms with E-state index in [0.717, 1.165) is 19.4 Å². The van der Waals surface area contributed by atoms with Crippen molar-refractivity contribution in [3.63, 3.8) is 0 Å². The lowest BCUT2D eigenvalue weighted by Gasteiger charge is -2.44. The second kappa shape index (κ2) is 3.30. The van der Waals surface area contributed by atoms with Gasteiger partial charge in [-0.1, -0.05) is 0 Å². The Balaban J connectivity index is 0.000001000. The lowest BCUT2D eigenvalue weighted by molar-refractivity contribution is -0.0463. The number of aliphatic hydroxyl groups is 1. The molecule has 0 saturated carbocycles. The molecule has 0 amide bonds. The largest absolute Gasteiger partial charge is 0.388 e. The Morgan fingerprint density at radius 1 is 1.27 bits per heavy atom. The van der Waals surface area contributed by atoms with E-state index in [1.54, 1.807) is 0 Å². The van der Waals surface area contributed by atoms with E-state index in [0.29, 0.717) is 0 Å². The molecule has 3 heteroatoms. The van der Waals surface area contributed by atoms with E-state index in [4.69, 9.17) is 0 Å². The SMILES string of the molecule is CC1(O)CCCNC1(C)C.Cl. The molecule has 1 aliphatic heterocycles. The molecule has 0 bridgehead atoms. The molecule has 0 aromatic carbocycles. The first-order chi connectivity index (χ1) is 4.46. The molecule has 68 valence electrons. The molecule has 1 aliphatic rings. The summed E-state index contributed by atoms with van der Waals surface area (Å²) in [5.41, 5.74) is -0.656. The summed E-state index contributed by atoms with van der Waals surface area (Å²) in [5.74, 6) is 0. The van der Waals surface area contributed by atoms with Crippen LogP contribution in [0.15, 0.2) is 0 Å². The van der Waals surface area contributed by atoms with E-state index in [1.165, 1.54) is 0 Å². The minimum atomic E-state index is -0.536. The van der Waals surface area contributed by atoms with Crippen LogP contribution in [0.3, 0.4) is 0 Å². The Morgan fingerprint density at radius 2 is 1.82 bits per heavy atom. The van der Waals surface area contributed by atoms with Gasteiger partial charge in [0.1, 0.15) is 0 Å². The third kappa shape index (κ3) is 2.08. The zero-order valence-electron chi connectivity index (χ0n) is 7.48. The van der Waals surface area contributed by atoms with Crippen molar-refractivity contribution in [3.05, 3.63) is 0 Å². The monoisotopic (exact) mass is 179 g/mol. The highest BCUT2D eigenvalue weighted by atomic mass is 35.5. The van der Waals surface area contributed by atoms with Crippen LogP contribution >= 0.6 is 12.4 Å². The molecule has 0 radical (unpaired) electrons. The minimum absolute atomic E-state index is 0. The molecule has 11 heavy (non-hydrogen) atoms. The quantitative estimate of drug-likeness (QED) is 0.588. The van der Waals surface area contributed by atoms with Crippen molar-refractivity contribution < 1.29 is 5.11 Å². The number of halogens is 1. The molecule has 2 nitrogen and oxygen atoms in total. The van der Waals surface area contributed by atoms with Gasteiger partial charge < -0.3 is 10.4 Å². The number of hydrogen-bond acceptors (Lipinski definition) is 2. The maximum Gasteiger partial charge on any atom is 0.0795 e. The summed E-state index contributed by atoms with van der Waals surface area (Å²) in [6.07, 6.45) is 1.99. The van der Waals surface area contributed by atoms with Gasteiger partial charge in [0.25, 0.3) is 0 Å². The maximum atomic E-state index is 9.84. The molecule has 1 unspecified atom stereocenters. The zero-order valence-corrected chi connectivity index (χ0v) is 8.29. The third-order valence-corrected chi connectivity index (χ3v) is 2.75. The van der Waals surface area contributed by atoms with Crippen molar-refractivity contribution >= 4 is 12.4 Å². The Bertz CT molecular complexity index is 118. The Kier molecular flexibility index (Phi) is 3.36. The van der Waals surface area contributed by atoms with Gasteiger partial charge in [0.2, 0.25) is 0 Å². The highest BCUT2D eigenvalue weighted by Crippen LogP contribution is 2.29. The van der Waals surface area contributed by atoms with Crippen LogP contribution in [-0.2, 0) is 0 Å². The van der Waals surface area contributed by atoms with Gasteiger partial charge in [-0.2, -0.15) is 0 Å². The van der Waals surface area contributed by atoms with E-state index in [9.17, 15) is 5.11 Å². The van der Waals surface area contributed by atoms with Crippen molar-refractivity contribution in [3.8, 4) is 0 Å². The molecule has 1 atom stereocenters. The van der Waals surface area contributed by atoms with Crippen LogP contribution in [0.5, 0.6) is 0 Å². The van der Waals surface area contributed by atoms with Crippen LogP contribution in [0.1, 0.15) is 33.6 Å². The Morgan fingerprint density at radius 3 is 2.09 bits per heavy atom. The molecule has 0 aliphatic carbocycles. The molecule has 1 rings (SSSR count). The topological polar surface area (TPSA) is 32.3 Å². The van der Waals surface area contributed by atoms with Crippen molar-refractivity contribution in [2.45, 2.75) is 44.8 Å². The van der Waals surface area contributed by atoms with Gasteiger partial charge in [0.15, 0.2) is 0 Å². The second-order valence-corrected chi connectivity index (χ2v) is 3.93. The predicted octanol–water partition coefficient (Wildman–Crippen LogP) is 1.32. The van der Waals surface area contributed by atoms with Gasteiger partial charge in [-0.3, -0.25) is 0 Å². The van der Waals surface area contributed by atoms with Crippen LogP contribution in [0, 0.1) is 0 Å². The van der Waals surface area contributed by atoms with Crippen LogP contribution in [0.2, 0.25) is 0 Å². The summed E-state index contributed by atoms with van der Waals surface area (Å²) < 4.78 is 0. The summed E-state index contributed by atoms with van der Waals surface area (Å²) in [7, 11) is 0. The van der Waals surface area contributed by atoms with Gasteiger partial charge in [0, 0.05) is 5.54 Å². The molecule has 0 spiro atoms. The second-order valence-electron chi connectivity index (χ2n) is 3.93. The first-order valence-corrected chi connectivity index (χ1v) is 3.93. The molecular weight excluding hydrogens is 162 g/mol. The van der Waals surface area contributed by atoms with Crippen molar-refractivity contribution in [1.29, 1.82) is 0 Å². The lowest BCUT2D eigenvalue weighted by Crippen LogP contribution is -2.60. The first-order valence-electron chi connectivity index (χ1n) is 3.93. The molecule has 0 aromatic rings. The minimum Gasteiger partial charge on any atom is -0.388 e. The summed E-state index contributed by atoms with van der Waals surface area (Å²) >= 11 is 0. The normalized spacial score (nSPS) is 36.0. The zero-order chi connectivity index (χ0) is 7.83. The van der Waals surface area contributed by atoms with E-state index >= 15 is 0 Å². The number of rotatable bonds is 0. The fraction of sp³-hybridized carbons (Fsp3) is 1.00. The summed E-state index contributed by atoms with van der Waals surface area (Å²) in [5, 5.41) is 13.1. The van der Waals surface area contributed by atoms with Gasteiger partial charge in [0.05, 0.1) is 5.60 Å². The summed E-state index contributed by atoms with van der Waals surface area (Å²) in [6, 6.07) is 0. The van der Waals surface area contributed by atoms with Crippen molar-refractivity contribution in [2.24, 2.45) is 0 Å². The van der Waals surface area contributed by atoms with Crippen molar-refractivity contribution in [1.82, 2.24) is 5.32 Å².